The van der Waals surface area contributed by atoms with Crippen LogP contribution < -0.4 is 0 Å². The Labute approximate surface area is 83.3 Å². The lowest BCUT2D eigenvalue weighted by molar-refractivity contribution is -0.166. The number of benzene rings is 1. The summed E-state index contributed by atoms with van der Waals surface area (Å²) in [6, 6.07) is 9.41. The van der Waals surface area contributed by atoms with Crippen molar-refractivity contribution in [1.29, 1.82) is 0 Å². The lowest BCUT2D eigenvalue weighted by atomic mass is 10.1. The quantitative estimate of drug-likeness (QED) is 0.583. The molecule has 3 heteroatoms. The third kappa shape index (κ3) is 3.58. The molecule has 0 unspecified atom stereocenters. The Kier molecular flexibility index (Phi) is 4.13. The van der Waals surface area contributed by atoms with E-state index in [1.807, 2.05) is 30.3 Å². The molecule has 0 heterocycles. The molecule has 0 aliphatic rings. The molecule has 1 rings (SSSR count). The summed E-state index contributed by atoms with van der Waals surface area (Å²) in [4.78, 5) is 10.8. The summed E-state index contributed by atoms with van der Waals surface area (Å²) < 4.78 is 4.72. The van der Waals surface area contributed by atoms with Crippen molar-refractivity contribution in [3.05, 3.63) is 35.9 Å². The van der Waals surface area contributed by atoms with Crippen LogP contribution in [-0.4, -0.2) is 17.4 Å². The zero-order valence-electron chi connectivity index (χ0n) is 8.14. The number of hydrogen-bond donors (Lipinski definition) is 1. The van der Waals surface area contributed by atoms with E-state index >= 15 is 0 Å². The molecule has 1 atom stereocenters. The predicted molar refractivity (Wildman–Crippen MR) is 52.5 cm³/mol. The summed E-state index contributed by atoms with van der Waals surface area (Å²) in [6.45, 7) is 1.69. The largest absolute Gasteiger partial charge is 0.436 e. The molecule has 14 heavy (non-hydrogen) atoms. The number of esters is 1. The molecule has 76 valence electrons. The SMILES string of the molecule is CCC(=O)O[C@@H](O)Cc1ccccc1. The van der Waals surface area contributed by atoms with Gasteiger partial charge in [-0.3, -0.25) is 4.79 Å². The van der Waals surface area contributed by atoms with Gasteiger partial charge in [0.1, 0.15) is 0 Å². The van der Waals surface area contributed by atoms with Crippen LogP contribution in [0.15, 0.2) is 30.3 Å². The first-order valence-corrected chi connectivity index (χ1v) is 4.64. The van der Waals surface area contributed by atoms with Crippen LogP contribution in [0.4, 0.5) is 0 Å². The Morgan fingerprint density at radius 1 is 1.43 bits per heavy atom. The Bertz CT molecular complexity index is 282. The highest BCUT2D eigenvalue weighted by Crippen LogP contribution is 2.04. The molecule has 0 saturated heterocycles. The van der Waals surface area contributed by atoms with Crippen LogP contribution in [0.1, 0.15) is 18.9 Å². The molecule has 1 aromatic rings. The van der Waals surface area contributed by atoms with Gasteiger partial charge in [-0.1, -0.05) is 37.3 Å². The molecule has 0 saturated carbocycles. The van der Waals surface area contributed by atoms with Gasteiger partial charge >= 0.3 is 5.97 Å². The van der Waals surface area contributed by atoms with Crippen molar-refractivity contribution in [3.8, 4) is 0 Å². The summed E-state index contributed by atoms with van der Waals surface area (Å²) in [7, 11) is 0. The van der Waals surface area contributed by atoms with E-state index < -0.39 is 6.29 Å². The van der Waals surface area contributed by atoms with Crippen molar-refractivity contribution in [2.45, 2.75) is 26.1 Å². The van der Waals surface area contributed by atoms with Crippen LogP contribution in [0, 0.1) is 0 Å². The fourth-order valence-electron chi connectivity index (χ4n) is 1.09. The Balaban J connectivity index is 2.41. The molecule has 0 bridgehead atoms. The van der Waals surface area contributed by atoms with Gasteiger partial charge in [0.25, 0.3) is 0 Å². The van der Waals surface area contributed by atoms with Crippen LogP contribution in [0.25, 0.3) is 0 Å². The van der Waals surface area contributed by atoms with E-state index in [1.54, 1.807) is 6.92 Å². The van der Waals surface area contributed by atoms with Crippen LogP contribution in [-0.2, 0) is 16.0 Å². The van der Waals surface area contributed by atoms with Gasteiger partial charge < -0.3 is 9.84 Å². The number of aliphatic hydroxyl groups excluding tert-OH is 1. The van der Waals surface area contributed by atoms with E-state index in [4.69, 9.17) is 4.74 Å². The van der Waals surface area contributed by atoms with Gasteiger partial charge in [0.05, 0.1) is 0 Å². The number of carbonyl (C=O) groups is 1. The first-order chi connectivity index (χ1) is 6.72. The highest BCUT2D eigenvalue weighted by molar-refractivity contribution is 5.68. The second-order valence-electron chi connectivity index (χ2n) is 2.99. The van der Waals surface area contributed by atoms with Gasteiger partial charge in [-0.2, -0.15) is 0 Å². The highest BCUT2D eigenvalue weighted by atomic mass is 16.6. The van der Waals surface area contributed by atoms with Crippen LogP contribution in [0.3, 0.4) is 0 Å². The molecule has 0 aliphatic carbocycles. The van der Waals surface area contributed by atoms with Crippen molar-refractivity contribution in [2.75, 3.05) is 0 Å². The average molecular weight is 194 g/mol. The second-order valence-corrected chi connectivity index (χ2v) is 2.99. The number of hydrogen-bond acceptors (Lipinski definition) is 3. The Hall–Kier alpha value is -1.35. The second kappa shape index (κ2) is 5.40. The Morgan fingerprint density at radius 2 is 2.07 bits per heavy atom. The maximum atomic E-state index is 10.8. The van der Waals surface area contributed by atoms with E-state index in [1.165, 1.54) is 0 Å². The maximum absolute atomic E-state index is 10.8. The summed E-state index contributed by atoms with van der Waals surface area (Å²) in [5.74, 6) is -0.381. The Morgan fingerprint density at radius 3 is 2.64 bits per heavy atom. The molecular weight excluding hydrogens is 180 g/mol. The summed E-state index contributed by atoms with van der Waals surface area (Å²) >= 11 is 0. The molecule has 0 aliphatic heterocycles. The van der Waals surface area contributed by atoms with Gasteiger partial charge in [0, 0.05) is 12.8 Å². The normalized spacial score (nSPS) is 12.1. The van der Waals surface area contributed by atoms with Gasteiger partial charge in [-0.25, -0.2) is 0 Å². The number of rotatable bonds is 4. The summed E-state index contributed by atoms with van der Waals surface area (Å²) in [5, 5.41) is 9.36. The number of carbonyl (C=O) groups excluding carboxylic acids is 1. The van der Waals surface area contributed by atoms with E-state index in [0.29, 0.717) is 6.42 Å². The third-order valence-electron chi connectivity index (χ3n) is 1.81. The summed E-state index contributed by atoms with van der Waals surface area (Å²) in [5.41, 5.74) is 0.948. The fraction of sp³-hybridized carbons (Fsp3) is 0.364. The van der Waals surface area contributed by atoms with E-state index in [0.717, 1.165) is 5.56 Å². The molecule has 0 spiro atoms. The highest BCUT2D eigenvalue weighted by Gasteiger charge is 2.09. The molecule has 0 amide bonds. The van der Waals surface area contributed by atoms with E-state index in [-0.39, 0.29) is 12.4 Å². The van der Waals surface area contributed by atoms with Crippen molar-refractivity contribution in [2.24, 2.45) is 0 Å². The fourth-order valence-corrected chi connectivity index (χ4v) is 1.09. The first kappa shape index (κ1) is 10.7. The molecule has 0 radical (unpaired) electrons. The van der Waals surface area contributed by atoms with Crippen LogP contribution in [0.2, 0.25) is 0 Å². The van der Waals surface area contributed by atoms with Gasteiger partial charge in [0.15, 0.2) is 0 Å². The van der Waals surface area contributed by atoms with Crippen LogP contribution >= 0.6 is 0 Å². The zero-order chi connectivity index (χ0) is 10.4. The topological polar surface area (TPSA) is 46.5 Å². The van der Waals surface area contributed by atoms with Crippen LogP contribution in [0.5, 0.6) is 0 Å². The molecular formula is C11H14O3. The van der Waals surface area contributed by atoms with Gasteiger partial charge in [-0.15, -0.1) is 0 Å². The lowest BCUT2D eigenvalue weighted by Crippen LogP contribution is -2.19. The van der Waals surface area contributed by atoms with E-state index in [2.05, 4.69) is 0 Å². The number of aliphatic hydroxyl groups is 1. The molecule has 0 aromatic heterocycles. The predicted octanol–water partition coefficient (Wildman–Crippen LogP) is 1.50. The molecule has 1 N–H and O–H groups in total. The number of ether oxygens (including phenoxy) is 1. The van der Waals surface area contributed by atoms with Crippen molar-refractivity contribution in [1.82, 2.24) is 0 Å². The zero-order valence-corrected chi connectivity index (χ0v) is 8.14. The standard InChI is InChI=1S/C11H14O3/c1-2-10(12)14-11(13)8-9-6-4-3-5-7-9/h3-7,11,13H,2,8H2,1H3/t11-/m1/s1. The summed E-state index contributed by atoms with van der Waals surface area (Å²) in [6.07, 6.45) is -0.414. The third-order valence-corrected chi connectivity index (χ3v) is 1.81. The monoisotopic (exact) mass is 194 g/mol. The lowest BCUT2D eigenvalue weighted by Gasteiger charge is -2.10. The average Bonchev–Trinajstić information content (AvgIpc) is 2.19. The van der Waals surface area contributed by atoms with Crippen molar-refractivity contribution < 1.29 is 14.6 Å². The molecule has 0 fully saturated rings. The minimum absolute atomic E-state index is 0.284. The maximum Gasteiger partial charge on any atom is 0.307 e. The van der Waals surface area contributed by atoms with Gasteiger partial charge in [-0.05, 0) is 5.56 Å². The molecule has 1 aromatic carbocycles. The minimum Gasteiger partial charge on any atom is -0.436 e. The van der Waals surface area contributed by atoms with E-state index in [9.17, 15) is 9.90 Å². The smallest absolute Gasteiger partial charge is 0.307 e. The first-order valence-electron chi connectivity index (χ1n) is 4.64. The van der Waals surface area contributed by atoms with Gasteiger partial charge in [0.2, 0.25) is 6.29 Å². The molecule has 3 nitrogen and oxygen atoms in total. The van der Waals surface area contributed by atoms with Crippen molar-refractivity contribution in [3.63, 3.8) is 0 Å². The minimum atomic E-state index is -1.04. The van der Waals surface area contributed by atoms with Crippen molar-refractivity contribution >= 4 is 5.97 Å².